The van der Waals surface area contributed by atoms with Crippen LogP contribution in [-0.2, 0) is 9.53 Å². The summed E-state index contributed by atoms with van der Waals surface area (Å²) in [5.41, 5.74) is 0. The van der Waals surface area contributed by atoms with Gasteiger partial charge in [0.1, 0.15) is 5.78 Å². The normalized spacial score (nSPS) is 22.8. The predicted molar refractivity (Wildman–Crippen MR) is 79.4 cm³/mol. The molecule has 0 aliphatic carbocycles. The Morgan fingerprint density at radius 2 is 1.74 bits per heavy atom. The molecular weight excluding hydrogens is 238 g/mol. The van der Waals surface area contributed by atoms with E-state index in [0.717, 1.165) is 25.8 Å². The van der Waals surface area contributed by atoms with E-state index in [4.69, 9.17) is 4.74 Å². The topological polar surface area (TPSA) is 38.3 Å². The van der Waals surface area contributed by atoms with Gasteiger partial charge in [-0.1, -0.05) is 51.9 Å². The van der Waals surface area contributed by atoms with Gasteiger partial charge in [0.25, 0.3) is 0 Å². The number of nitrogens with one attached hydrogen (secondary N) is 1. The molecule has 112 valence electrons. The van der Waals surface area contributed by atoms with E-state index in [9.17, 15) is 4.79 Å². The highest BCUT2D eigenvalue weighted by Gasteiger charge is 2.28. The lowest BCUT2D eigenvalue weighted by Gasteiger charge is -2.09. The highest BCUT2D eigenvalue weighted by Crippen LogP contribution is 2.14. The average molecular weight is 269 g/mol. The zero-order valence-corrected chi connectivity index (χ0v) is 12.7. The first-order chi connectivity index (χ1) is 9.27. The number of rotatable bonds is 11. The summed E-state index contributed by atoms with van der Waals surface area (Å²) in [6.45, 7) is 3.07. The number of unbranched alkanes of at least 4 members (excludes halogenated alkanes) is 7. The Labute approximate surface area is 118 Å². The first-order valence-electron chi connectivity index (χ1n) is 8.06. The van der Waals surface area contributed by atoms with E-state index in [1.165, 1.54) is 44.9 Å². The molecule has 0 amide bonds. The van der Waals surface area contributed by atoms with Crippen molar-refractivity contribution in [3.63, 3.8) is 0 Å². The van der Waals surface area contributed by atoms with Crippen molar-refractivity contribution in [3.05, 3.63) is 0 Å². The molecule has 0 aromatic rings. The minimum Gasteiger partial charge on any atom is -0.380 e. The van der Waals surface area contributed by atoms with Gasteiger partial charge in [-0.15, -0.1) is 0 Å². The molecule has 0 spiro atoms. The quantitative estimate of drug-likeness (QED) is 0.584. The number of hydrogen-bond acceptors (Lipinski definition) is 3. The molecular formula is C16H31NO2. The van der Waals surface area contributed by atoms with Crippen molar-refractivity contribution in [1.82, 2.24) is 5.32 Å². The lowest BCUT2D eigenvalue weighted by atomic mass is 10.0. The maximum atomic E-state index is 12.0. The van der Waals surface area contributed by atoms with E-state index in [0.29, 0.717) is 5.78 Å². The zero-order valence-electron chi connectivity index (χ0n) is 12.7. The van der Waals surface area contributed by atoms with Crippen LogP contribution >= 0.6 is 0 Å². The van der Waals surface area contributed by atoms with Crippen molar-refractivity contribution >= 4 is 5.78 Å². The molecule has 0 aromatic heterocycles. The Balaban J connectivity index is 1.93. The second-order valence-electron chi connectivity index (χ2n) is 5.75. The summed E-state index contributed by atoms with van der Waals surface area (Å²) < 4.78 is 5.27. The summed E-state index contributed by atoms with van der Waals surface area (Å²) in [6.07, 6.45) is 12.1. The molecule has 0 bridgehead atoms. The molecule has 1 aliphatic rings. The molecule has 1 heterocycles. The number of Topliss-reactive ketones (excluding diaryl/α,β-unsaturated/α-hetero) is 1. The van der Waals surface area contributed by atoms with Gasteiger partial charge >= 0.3 is 0 Å². The number of hydrogen-bond donors (Lipinski definition) is 1. The van der Waals surface area contributed by atoms with Gasteiger partial charge in [-0.2, -0.15) is 0 Å². The maximum absolute atomic E-state index is 12.0. The Morgan fingerprint density at radius 1 is 1.11 bits per heavy atom. The fraction of sp³-hybridized carbons (Fsp3) is 0.938. The average Bonchev–Trinajstić information content (AvgIpc) is 2.90. The number of carbonyl (C=O) groups is 1. The molecule has 1 N–H and O–H groups in total. The van der Waals surface area contributed by atoms with Crippen molar-refractivity contribution in [2.75, 3.05) is 13.7 Å². The molecule has 1 aliphatic heterocycles. The summed E-state index contributed by atoms with van der Waals surface area (Å²) in [5, 5.41) is 3.26. The van der Waals surface area contributed by atoms with E-state index in [-0.39, 0.29) is 12.1 Å². The Hall–Kier alpha value is -0.410. The van der Waals surface area contributed by atoms with Crippen molar-refractivity contribution in [2.45, 2.75) is 83.3 Å². The van der Waals surface area contributed by atoms with Crippen LogP contribution in [0.2, 0.25) is 0 Å². The monoisotopic (exact) mass is 269 g/mol. The molecule has 0 saturated carbocycles. The number of methoxy groups -OCH3 is 1. The summed E-state index contributed by atoms with van der Waals surface area (Å²) in [5.74, 6) is 0.380. The number of ketones is 1. The number of ether oxygens (including phenoxy) is 1. The van der Waals surface area contributed by atoms with Crippen LogP contribution < -0.4 is 5.32 Å². The van der Waals surface area contributed by atoms with Crippen LogP contribution in [0.25, 0.3) is 0 Å². The molecule has 1 saturated heterocycles. The van der Waals surface area contributed by atoms with Crippen molar-refractivity contribution in [2.24, 2.45) is 0 Å². The Kier molecular flexibility index (Phi) is 9.10. The molecule has 3 nitrogen and oxygen atoms in total. The van der Waals surface area contributed by atoms with Gasteiger partial charge in [0.05, 0.1) is 12.1 Å². The third kappa shape index (κ3) is 7.07. The first-order valence-corrected chi connectivity index (χ1v) is 8.06. The van der Waals surface area contributed by atoms with Gasteiger partial charge < -0.3 is 10.1 Å². The SMILES string of the molecule is CCCCCCCCCCC(=O)C1CC(OC)CN1. The summed E-state index contributed by atoms with van der Waals surface area (Å²) in [4.78, 5) is 12.0. The fourth-order valence-corrected chi connectivity index (χ4v) is 2.74. The molecule has 1 rings (SSSR count). The number of carbonyl (C=O) groups excluding carboxylic acids is 1. The van der Waals surface area contributed by atoms with Crippen LogP contribution in [0, 0.1) is 0 Å². The standard InChI is InChI=1S/C16H31NO2/c1-3-4-5-6-7-8-9-10-11-16(18)15-12-14(19-2)13-17-15/h14-15,17H,3-13H2,1-2H3. The third-order valence-electron chi connectivity index (χ3n) is 4.09. The van der Waals surface area contributed by atoms with Gasteiger partial charge in [-0.25, -0.2) is 0 Å². The van der Waals surface area contributed by atoms with E-state index >= 15 is 0 Å². The highest BCUT2D eigenvalue weighted by atomic mass is 16.5. The summed E-state index contributed by atoms with van der Waals surface area (Å²) in [7, 11) is 1.72. The fourth-order valence-electron chi connectivity index (χ4n) is 2.74. The van der Waals surface area contributed by atoms with Crippen LogP contribution in [0.15, 0.2) is 0 Å². The van der Waals surface area contributed by atoms with Crippen LogP contribution in [0.1, 0.15) is 71.1 Å². The lowest BCUT2D eigenvalue weighted by molar-refractivity contribution is -0.121. The first kappa shape index (κ1) is 16.6. The molecule has 1 fully saturated rings. The van der Waals surface area contributed by atoms with E-state index in [1.807, 2.05) is 0 Å². The smallest absolute Gasteiger partial charge is 0.149 e. The molecule has 0 aromatic carbocycles. The lowest BCUT2D eigenvalue weighted by Crippen LogP contribution is -2.30. The van der Waals surface area contributed by atoms with Crippen LogP contribution in [0.3, 0.4) is 0 Å². The largest absolute Gasteiger partial charge is 0.380 e. The summed E-state index contributed by atoms with van der Waals surface area (Å²) >= 11 is 0. The van der Waals surface area contributed by atoms with Gasteiger partial charge in [-0.3, -0.25) is 4.79 Å². The minimum atomic E-state index is 0.0505. The molecule has 3 heteroatoms. The third-order valence-corrected chi connectivity index (χ3v) is 4.09. The Bertz CT molecular complexity index is 243. The second kappa shape index (κ2) is 10.4. The van der Waals surface area contributed by atoms with Gasteiger partial charge in [0.15, 0.2) is 0 Å². The van der Waals surface area contributed by atoms with Crippen molar-refractivity contribution in [3.8, 4) is 0 Å². The summed E-state index contributed by atoms with van der Waals surface area (Å²) in [6, 6.07) is 0.0505. The second-order valence-corrected chi connectivity index (χ2v) is 5.75. The van der Waals surface area contributed by atoms with Crippen LogP contribution in [0.4, 0.5) is 0 Å². The Morgan fingerprint density at radius 3 is 2.32 bits per heavy atom. The molecule has 0 radical (unpaired) electrons. The van der Waals surface area contributed by atoms with Gasteiger partial charge in [0, 0.05) is 20.1 Å². The van der Waals surface area contributed by atoms with E-state index in [1.54, 1.807) is 7.11 Å². The van der Waals surface area contributed by atoms with Crippen LogP contribution in [-0.4, -0.2) is 31.6 Å². The van der Waals surface area contributed by atoms with Crippen molar-refractivity contribution in [1.29, 1.82) is 0 Å². The zero-order chi connectivity index (χ0) is 13.9. The molecule has 2 atom stereocenters. The molecule has 2 unspecified atom stereocenters. The van der Waals surface area contributed by atoms with Gasteiger partial charge in [-0.05, 0) is 12.8 Å². The van der Waals surface area contributed by atoms with E-state index in [2.05, 4.69) is 12.2 Å². The minimum absolute atomic E-state index is 0.0505. The molecule has 19 heavy (non-hydrogen) atoms. The highest BCUT2D eigenvalue weighted by molar-refractivity contribution is 5.84. The van der Waals surface area contributed by atoms with Crippen LogP contribution in [0.5, 0.6) is 0 Å². The van der Waals surface area contributed by atoms with Gasteiger partial charge in [0.2, 0.25) is 0 Å². The van der Waals surface area contributed by atoms with Crippen molar-refractivity contribution < 1.29 is 9.53 Å². The maximum Gasteiger partial charge on any atom is 0.149 e. The predicted octanol–water partition coefficient (Wildman–Crippen LogP) is 3.46. The van der Waals surface area contributed by atoms with E-state index < -0.39 is 0 Å².